The van der Waals surface area contributed by atoms with Gasteiger partial charge in [-0.25, -0.2) is 9.59 Å². The number of ether oxygens (including phenoxy) is 1. The zero-order chi connectivity index (χ0) is 21.7. The summed E-state index contributed by atoms with van der Waals surface area (Å²) in [5.41, 5.74) is 1.03. The molecule has 2 aromatic rings. The molecule has 1 heterocycles. The second-order valence-electron chi connectivity index (χ2n) is 6.61. The molecule has 1 aliphatic rings. The molecule has 0 spiro atoms. The summed E-state index contributed by atoms with van der Waals surface area (Å²) in [7, 11) is 0. The molecule has 154 valence electrons. The van der Waals surface area contributed by atoms with Crippen molar-refractivity contribution in [2.45, 2.75) is 12.6 Å². The Kier molecular flexibility index (Phi) is 6.26. The molecule has 0 bridgehead atoms. The number of nitrogens with zero attached hydrogens (tertiary/aromatic N) is 2. The minimum Gasteiger partial charge on any atom is -0.480 e. The molecule has 8 nitrogen and oxygen atoms in total. The Bertz CT molecular complexity index is 953. The van der Waals surface area contributed by atoms with E-state index >= 15 is 0 Å². The normalized spacial score (nSPS) is 13.5. The zero-order valence-electron chi connectivity index (χ0n) is 16.1. The average molecular weight is 408 g/mol. The maximum atomic E-state index is 12.7. The fraction of sp³-hybridized carbons (Fsp3) is 0.182. The minimum absolute atomic E-state index is 0.00191. The second-order valence-corrected chi connectivity index (χ2v) is 6.61. The van der Waals surface area contributed by atoms with E-state index in [-0.39, 0.29) is 24.3 Å². The van der Waals surface area contributed by atoms with Gasteiger partial charge in [0.05, 0.1) is 17.7 Å². The Morgan fingerprint density at radius 3 is 2.13 bits per heavy atom. The highest BCUT2D eigenvalue weighted by Crippen LogP contribution is 2.25. The molecule has 1 atom stereocenters. The highest BCUT2D eigenvalue weighted by Gasteiger charge is 2.43. The van der Waals surface area contributed by atoms with E-state index in [0.29, 0.717) is 4.90 Å². The summed E-state index contributed by atoms with van der Waals surface area (Å²) in [5, 5.41) is 9.70. The summed E-state index contributed by atoms with van der Waals surface area (Å²) >= 11 is 0. The summed E-state index contributed by atoms with van der Waals surface area (Å²) in [6.45, 7) is 3.12. The lowest BCUT2D eigenvalue weighted by atomic mass is 10.1. The van der Waals surface area contributed by atoms with Gasteiger partial charge in [-0.1, -0.05) is 48.5 Å². The van der Waals surface area contributed by atoms with Gasteiger partial charge in [-0.05, 0) is 17.7 Å². The number of imide groups is 1. The molecular formula is C22H20N2O6. The first-order valence-electron chi connectivity index (χ1n) is 9.20. The molecule has 0 aromatic heterocycles. The summed E-state index contributed by atoms with van der Waals surface area (Å²) < 4.78 is 5.26. The van der Waals surface area contributed by atoms with E-state index in [2.05, 4.69) is 6.58 Å². The maximum absolute atomic E-state index is 12.7. The van der Waals surface area contributed by atoms with Crippen LogP contribution in [0.15, 0.2) is 67.3 Å². The lowest BCUT2D eigenvalue weighted by Crippen LogP contribution is -2.52. The van der Waals surface area contributed by atoms with E-state index in [1.54, 1.807) is 36.4 Å². The third-order valence-electron chi connectivity index (χ3n) is 4.63. The molecule has 0 aliphatic carbocycles. The zero-order valence-corrected chi connectivity index (χ0v) is 16.1. The van der Waals surface area contributed by atoms with Crippen LogP contribution in [0.25, 0.3) is 0 Å². The average Bonchev–Trinajstić information content (AvgIpc) is 3.00. The van der Waals surface area contributed by atoms with E-state index < -0.39 is 36.5 Å². The number of amides is 3. The Morgan fingerprint density at radius 2 is 1.60 bits per heavy atom. The molecule has 0 radical (unpaired) electrons. The number of hydrogen-bond acceptors (Lipinski definition) is 5. The molecule has 0 saturated heterocycles. The fourth-order valence-corrected chi connectivity index (χ4v) is 3.16. The number of carbonyl (C=O) groups excluding carboxylic acids is 3. The number of aliphatic carboxylic acids is 1. The number of carbonyl (C=O) groups is 4. The molecule has 2 aromatic carbocycles. The maximum Gasteiger partial charge on any atom is 0.410 e. The van der Waals surface area contributed by atoms with Gasteiger partial charge < -0.3 is 14.7 Å². The van der Waals surface area contributed by atoms with E-state index in [0.717, 1.165) is 10.5 Å². The standard InChI is InChI=1S/C22H20N2O6/c1-2-12-23(22(29)30-14-15-8-4-3-5-9-15)13-18(21(27)28)24-19(25)16-10-6-7-11-17(16)20(24)26/h2-11,18H,1,12-14H2,(H,27,28). The first-order valence-corrected chi connectivity index (χ1v) is 9.20. The first kappa shape index (κ1) is 20.8. The van der Waals surface area contributed by atoms with E-state index in [1.807, 2.05) is 6.07 Å². The van der Waals surface area contributed by atoms with Crippen LogP contribution in [0.2, 0.25) is 0 Å². The van der Waals surface area contributed by atoms with Crippen LogP contribution in [-0.2, 0) is 16.1 Å². The van der Waals surface area contributed by atoms with Crippen LogP contribution >= 0.6 is 0 Å². The summed E-state index contributed by atoms with van der Waals surface area (Å²) in [6.07, 6.45) is 0.632. The lowest BCUT2D eigenvalue weighted by molar-refractivity contribution is -0.142. The smallest absolute Gasteiger partial charge is 0.410 e. The van der Waals surface area contributed by atoms with Crippen molar-refractivity contribution >= 4 is 23.9 Å². The Hall–Kier alpha value is -3.94. The quantitative estimate of drug-likeness (QED) is 0.532. The van der Waals surface area contributed by atoms with Crippen molar-refractivity contribution < 1.29 is 29.0 Å². The molecule has 3 amide bonds. The Labute approximate surface area is 173 Å². The number of carboxylic acid groups (broad SMARTS) is 1. The number of hydrogen-bond donors (Lipinski definition) is 1. The molecule has 0 fully saturated rings. The first-order chi connectivity index (χ1) is 14.4. The van der Waals surface area contributed by atoms with Crippen LogP contribution < -0.4 is 0 Å². The third kappa shape index (κ3) is 4.22. The van der Waals surface area contributed by atoms with Crippen molar-refractivity contribution in [3.63, 3.8) is 0 Å². The largest absolute Gasteiger partial charge is 0.480 e. The van der Waals surface area contributed by atoms with Gasteiger partial charge in [0.15, 0.2) is 6.04 Å². The van der Waals surface area contributed by atoms with Gasteiger partial charge in [0.1, 0.15) is 6.61 Å². The van der Waals surface area contributed by atoms with E-state index in [4.69, 9.17) is 4.74 Å². The number of rotatable bonds is 8. The van der Waals surface area contributed by atoms with E-state index in [9.17, 15) is 24.3 Å². The van der Waals surface area contributed by atoms with Crippen molar-refractivity contribution in [1.82, 2.24) is 9.80 Å². The van der Waals surface area contributed by atoms with E-state index in [1.165, 1.54) is 18.2 Å². The molecule has 1 N–H and O–H groups in total. The number of carboxylic acids is 1. The van der Waals surface area contributed by atoms with Crippen LogP contribution in [-0.4, -0.2) is 57.9 Å². The van der Waals surface area contributed by atoms with Crippen LogP contribution in [0.1, 0.15) is 26.3 Å². The van der Waals surface area contributed by atoms with Gasteiger partial charge in [0.25, 0.3) is 11.8 Å². The minimum atomic E-state index is -1.57. The van der Waals surface area contributed by atoms with Crippen LogP contribution in [0, 0.1) is 0 Å². The van der Waals surface area contributed by atoms with Gasteiger partial charge in [-0.3, -0.25) is 14.5 Å². The molecule has 0 saturated carbocycles. The van der Waals surface area contributed by atoms with Crippen molar-refractivity contribution in [2.75, 3.05) is 13.1 Å². The highest BCUT2D eigenvalue weighted by molar-refractivity contribution is 6.22. The third-order valence-corrected chi connectivity index (χ3v) is 4.63. The summed E-state index contributed by atoms with van der Waals surface area (Å²) in [6, 6.07) is 13.5. The molecule has 1 aliphatic heterocycles. The predicted octanol–water partition coefficient (Wildman–Crippen LogP) is 2.56. The lowest BCUT2D eigenvalue weighted by Gasteiger charge is -2.28. The number of benzene rings is 2. The molecule has 1 unspecified atom stereocenters. The van der Waals surface area contributed by atoms with Gasteiger partial charge in [0.2, 0.25) is 0 Å². The summed E-state index contributed by atoms with van der Waals surface area (Å²) in [4.78, 5) is 51.5. The van der Waals surface area contributed by atoms with Gasteiger partial charge >= 0.3 is 12.1 Å². The van der Waals surface area contributed by atoms with Crippen molar-refractivity contribution in [3.05, 3.63) is 83.9 Å². The summed E-state index contributed by atoms with van der Waals surface area (Å²) in [5.74, 6) is -2.83. The van der Waals surface area contributed by atoms with Crippen molar-refractivity contribution in [1.29, 1.82) is 0 Å². The molecular weight excluding hydrogens is 388 g/mol. The number of fused-ring (bicyclic) bond motifs is 1. The second kappa shape index (κ2) is 9.04. The fourth-order valence-electron chi connectivity index (χ4n) is 3.16. The SMILES string of the molecule is C=CCN(CC(C(=O)O)N1C(=O)c2ccccc2C1=O)C(=O)OCc1ccccc1. The molecule has 3 rings (SSSR count). The highest BCUT2D eigenvalue weighted by atomic mass is 16.6. The van der Waals surface area contributed by atoms with Crippen LogP contribution in [0.3, 0.4) is 0 Å². The van der Waals surface area contributed by atoms with Gasteiger partial charge in [-0.15, -0.1) is 6.58 Å². The topological polar surface area (TPSA) is 104 Å². The van der Waals surface area contributed by atoms with Gasteiger partial charge in [0, 0.05) is 6.54 Å². The van der Waals surface area contributed by atoms with Crippen molar-refractivity contribution in [2.24, 2.45) is 0 Å². The van der Waals surface area contributed by atoms with Crippen molar-refractivity contribution in [3.8, 4) is 0 Å². The monoisotopic (exact) mass is 408 g/mol. The Balaban J connectivity index is 1.77. The Morgan fingerprint density at radius 1 is 1.03 bits per heavy atom. The molecule has 30 heavy (non-hydrogen) atoms. The van der Waals surface area contributed by atoms with Crippen LogP contribution in [0.4, 0.5) is 4.79 Å². The predicted molar refractivity (Wildman–Crippen MR) is 107 cm³/mol. The van der Waals surface area contributed by atoms with Gasteiger partial charge in [-0.2, -0.15) is 0 Å². The van der Waals surface area contributed by atoms with Crippen LogP contribution in [0.5, 0.6) is 0 Å². The molecule has 8 heteroatoms.